The van der Waals surface area contributed by atoms with E-state index in [-0.39, 0.29) is 10.6 Å². The number of allylic oxidation sites excluding steroid dienone is 1. The lowest BCUT2D eigenvalue weighted by atomic mass is 10.1. The van der Waals surface area contributed by atoms with Gasteiger partial charge >= 0.3 is 5.63 Å². The van der Waals surface area contributed by atoms with Crippen molar-refractivity contribution < 1.29 is 9.21 Å². The van der Waals surface area contributed by atoms with Crippen molar-refractivity contribution in [2.45, 2.75) is 0 Å². The third-order valence-electron chi connectivity index (χ3n) is 2.49. The maximum Gasteiger partial charge on any atom is 0.345 e. The van der Waals surface area contributed by atoms with Crippen LogP contribution in [0.15, 0.2) is 39.6 Å². The fourth-order valence-corrected chi connectivity index (χ4v) is 1.76. The number of hydrazine groups is 2. The highest BCUT2D eigenvalue weighted by Crippen LogP contribution is 2.23. The van der Waals surface area contributed by atoms with Crippen LogP contribution >= 0.6 is 11.6 Å². The zero-order chi connectivity index (χ0) is 14.0. The maximum absolute atomic E-state index is 11.7. The van der Waals surface area contributed by atoms with Crippen molar-refractivity contribution in [3.05, 3.63) is 46.3 Å². The number of hydrogen-bond donors (Lipinski definition) is 2. The second-order valence-electron chi connectivity index (χ2n) is 3.73. The molecular formula is C12H10ClN3O3. The number of rotatable bonds is 3. The molecule has 1 aromatic carbocycles. The Morgan fingerprint density at radius 2 is 2.05 bits per heavy atom. The van der Waals surface area contributed by atoms with Crippen LogP contribution in [0.3, 0.4) is 0 Å². The third kappa shape index (κ3) is 2.65. The molecule has 1 aromatic heterocycles. The molecule has 0 radical (unpaired) electrons. The van der Waals surface area contributed by atoms with E-state index in [4.69, 9.17) is 27.7 Å². The summed E-state index contributed by atoms with van der Waals surface area (Å²) < 4.78 is 5.12. The predicted octanol–water partition coefficient (Wildman–Crippen LogP) is 1.13. The van der Waals surface area contributed by atoms with Gasteiger partial charge in [0.05, 0.1) is 16.3 Å². The minimum atomic E-state index is -0.645. The van der Waals surface area contributed by atoms with Crippen molar-refractivity contribution in [3.63, 3.8) is 0 Å². The normalized spacial score (nSPS) is 11.6. The molecule has 0 aliphatic rings. The van der Waals surface area contributed by atoms with Gasteiger partial charge in [0.1, 0.15) is 11.9 Å². The quantitative estimate of drug-likeness (QED) is 0.287. The van der Waals surface area contributed by atoms with Gasteiger partial charge in [-0.25, -0.2) is 21.6 Å². The lowest BCUT2D eigenvalue weighted by molar-refractivity contribution is -0.104. The molecule has 0 fully saturated rings. The number of fused-ring (bicyclic) bond motifs is 1. The molecule has 0 bridgehead atoms. The molecule has 7 heteroatoms. The lowest BCUT2D eigenvalue weighted by Crippen LogP contribution is -2.37. The SMILES string of the molecule is NN(N)c1ccc2cc(/C(Cl)=C/C=O)c(=O)oc2c1. The lowest BCUT2D eigenvalue weighted by Gasteiger charge is -2.11. The van der Waals surface area contributed by atoms with E-state index in [1.54, 1.807) is 12.1 Å². The second-order valence-corrected chi connectivity index (χ2v) is 4.13. The molecule has 0 aliphatic carbocycles. The van der Waals surface area contributed by atoms with Crippen molar-refractivity contribution in [1.82, 2.24) is 0 Å². The Hall–Kier alpha value is -2.15. The van der Waals surface area contributed by atoms with E-state index >= 15 is 0 Å². The van der Waals surface area contributed by atoms with Gasteiger partial charge < -0.3 is 4.42 Å². The average Bonchev–Trinajstić information content (AvgIpc) is 2.37. The van der Waals surface area contributed by atoms with Crippen LogP contribution in [-0.2, 0) is 4.79 Å². The van der Waals surface area contributed by atoms with Crippen molar-refractivity contribution in [2.24, 2.45) is 11.7 Å². The van der Waals surface area contributed by atoms with Gasteiger partial charge in [-0.15, -0.1) is 0 Å². The molecule has 0 unspecified atom stereocenters. The molecule has 6 nitrogen and oxygen atoms in total. The summed E-state index contributed by atoms with van der Waals surface area (Å²) in [4.78, 5) is 22.1. The van der Waals surface area contributed by atoms with Gasteiger partial charge in [0, 0.05) is 11.5 Å². The van der Waals surface area contributed by atoms with Gasteiger partial charge in [0.2, 0.25) is 0 Å². The first-order chi connectivity index (χ1) is 9.02. The monoisotopic (exact) mass is 279 g/mol. The number of halogens is 1. The van der Waals surface area contributed by atoms with E-state index in [1.807, 2.05) is 0 Å². The van der Waals surface area contributed by atoms with Crippen LogP contribution in [0.1, 0.15) is 5.56 Å². The first-order valence-electron chi connectivity index (χ1n) is 5.21. The molecule has 4 N–H and O–H groups in total. The fourth-order valence-electron chi connectivity index (χ4n) is 1.58. The Labute approximate surface area is 112 Å². The molecule has 19 heavy (non-hydrogen) atoms. The molecule has 2 aromatic rings. The van der Waals surface area contributed by atoms with E-state index in [0.717, 1.165) is 11.2 Å². The standard InChI is InChI=1S/C12H10ClN3O3/c13-10(3-4-17)9-5-7-1-2-8(16(14)15)6-11(7)19-12(9)18/h1-6H,14-15H2/b10-3-. The molecule has 0 spiro atoms. The van der Waals surface area contributed by atoms with Gasteiger partial charge in [-0.3, -0.25) is 4.79 Å². The number of hydrogen-bond acceptors (Lipinski definition) is 6. The van der Waals surface area contributed by atoms with E-state index in [1.165, 1.54) is 12.1 Å². The van der Waals surface area contributed by atoms with Gasteiger partial charge in [-0.05, 0) is 24.3 Å². The number of benzene rings is 1. The minimum absolute atomic E-state index is 0.0222. The first-order valence-corrected chi connectivity index (χ1v) is 5.59. The van der Waals surface area contributed by atoms with Crippen LogP contribution in [0.2, 0.25) is 0 Å². The maximum atomic E-state index is 11.7. The highest BCUT2D eigenvalue weighted by molar-refractivity contribution is 6.49. The average molecular weight is 280 g/mol. The molecule has 0 saturated heterocycles. The van der Waals surface area contributed by atoms with Gasteiger partial charge in [-0.1, -0.05) is 11.6 Å². The van der Waals surface area contributed by atoms with Crippen LogP contribution in [0.5, 0.6) is 0 Å². The summed E-state index contributed by atoms with van der Waals surface area (Å²) in [7, 11) is 0. The largest absolute Gasteiger partial charge is 0.422 e. The highest BCUT2D eigenvalue weighted by atomic mass is 35.5. The van der Waals surface area contributed by atoms with E-state index in [9.17, 15) is 9.59 Å². The number of anilines is 1. The molecule has 0 amide bonds. The number of carbonyl (C=O) groups excluding carboxylic acids is 1. The van der Waals surface area contributed by atoms with E-state index in [0.29, 0.717) is 22.9 Å². The highest BCUT2D eigenvalue weighted by Gasteiger charge is 2.09. The summed E-state index contributed by atoms with van der Waals surface area (Å²) in [5.41, 5.74) is 0.278. The molecular weight excluding hydrogens is 270 g/mol. The number of nitrogens with two attached hydrogens (primary N) is 2. The second kappa shape index (κ2) is 5.23. The summed E-state index contributed by atoms with van der Waals surface area (Å²) in [5, 5.41) is 1.57. The summed E-state index contributed by atoms with van der Waals surface area (Å²) in [5.74, 6) is 10.8. The fraction of sp³-hybridized carbons (Fsp3) is 0. The van der Waals surface area contributed by atoms with Crippen molar-refractivity contribution in [1.29, 1.82) is 0 Å². The van der Waals surface area contributed by atoms with Crippen molar-refractivity contribution in [2.75, 3.05) is 5.12 Å². The smallest absolute Gasteiger partial charge is 0.345 e. The molecule has 2 rings (SSSR count). The Morgan fingerprint density at radius 3 is 2.68 bits per heavy atom. The molecule has 1 heterocycles. The minimum Gasteiger partial charge on any atom is -0.422 e. The molecule has 0 atom stereocenters. The topological polar surface area (TPSA) is 103 Å². The van der Waals surface area contributed by atoms with Gasteiger partial charge in [0.25, 0.3) is 0 Å². The Morgan fingerprint density at radius 1 is 1.32 bits per heavy atom. The zero-order valence-electron chi connectivity index (χ0n) is 9.67. The Kier molecular flexibility index (Phi) is 3.66. The van der Waals surface area contributed by atoms with Gasteiger partial charge in [0.15, 0.2) is 0 Å². The third-order valence-corrected chi connectivity index (χ3v) is 2.82. The summed E-state index contributed by atoms with van der Waals surface area (Å²) >= 11 is 5.82. The van der Waals surface area contributed by atoms with Crippen LogP contribution in [0.4, 0.5) is 5.69 Å². The summed E-state index contributed by atoms with van der Waals surface area (Å²) in [6.07, 6.45) is 1.57. The summed E-state index contributed by atoms with van der Waals surface area (Å²) in [6, 6.07) is 6.39. The van der Waals surface area contributed by atoms with Crippen LogP contribution < -0.4 is 22.4 Å². The van der Waals surface area contributed by atoms with E-state index < -0.39 is 5.63 Å². The van der Waals surface area contributed by atoms with Crippen LogP contribution in [0, 0.1) is 0 Å². The summed E-state index contributed by atoms with van der Waals surface area (Å²) in [6.45, 7) is 0. The molecule has 98 valence electrons. The Bertz CT molecular complexity index is 722. The Balaban J connectivity index is 2.65. The van der Waals surface area contributed by atoms with E-state index in [2.05, 4.69) is 0 Å². The predicted molar refractivity (Wildman–Crippen MR) is 73.2 cm³/mol. The first kappa shape index (κ1) is 13.3. The van der Waals surface area contributed by atoms with Crippen molar-refractivity contribution >= 4 is 39.6 Å². The van der Waals surface area contributed by atoms with Gasteiger partial charge in [-0.2, -0.15) is 0 Å². The number of carbonyl (C=O) groups is 1. The number of aldehydes is 1. The molecule has 0 aliphatic heterocycles. The van der Waals surface area contributed by atoms with Crippen LogP contribution in [-0.4, -0.2) is 6.29 Å². The number of nitrogens with zero attached hydrogens (tertiary/aromatic N) is 1. The molecule has 0 saturated carbocycles. The zero-order valence-corrected chi connectivity index (χ0v) is 10.4. The van der Waals surface area contributed by atoms with Crippen molar-refractivity contribution in [3.8, 4) is 0 Å². The van der Waals surface area contributed by atoms with Crippen LogP contribution in [0.25, 0.3) is 16.0 Å².